The Labute approximate surface area is 155 Å². The molecule has 0 spiro atoms. The van der Waals surface area contributed by atoms with Gasteiger partial charge in [0.1, 0.15) is 11.6 Å². The van der Waals surface area contributed by atoms with Crippen molar-refractivity contribution in [3.63, 3.8) is 0 Å². The average molecular weight is 373 g/mol. The highest BCUT2D eigenvalue weighted by Crippen LogP contribution is 2.20. The van der Waals surface area contributed by atoms with Crippen molar-refractivity contribution in [2.75, 3.05) is 13.1 Å². The van der Waals surface area contributed by atoms with Crippen molar-refractivity contribution in [3.8, 4) is 11.6 Å². The van der Waals surface area contributed by atoms with Gasteiger partial charge in [0.15, 0.2) is 0 Å². The number of piperidine rings is 1. The number of aromatic nitrogens is 1. The number of nitrogens with zero attached hydrogens (tertiary/aromatic N) is 2. The molecule has 142 valence electrons. The van der Waals surface area contributed by atoms with Gasteiger partial charge < -0.3 is 20.1 Å². The average Bonchev–Trinajstić information content (AvgIpc) is 2.67. The minimum absolute atomic E-state index is 0.223. The molecule has 0 radical (unpaired) electrons. The van der Waals surface area contributed by atoms with Gasteiger partial charge in [-0.25, -0.2) is 14.2 Å². The van der Waals surface area contributed by atoms with Crippen LogP contribution in [0.1, 0.15) is 18.4 Å². The van der Waals surface area contributed by atoms with Crippen LogP contribution < -0.4 is 10.1 Å². The number of urea groups is 1. The number of halogens is 1. The Morgan fingerprint density at radius 3 is 2.67 bits per heavy atom. The monoisotopic (exact) mass is 373 g/mol. The lowest BCUT2D eigenvalue weighted by Gasteiger charge is -2.30. The van der Waals surface area contributed by atoms with Crippen molar-refractivity contribution in [1.29, 1.82) is 0 Å². The molecule has 2 amide bonds. The second kappa shape index (κ2) is 8.48. The van der Waals surface area contributed by atoms with Gasteiger partial charge in [-0.3, -0.25) is 4.79 Å². The summed E-state index contributed by atoms with van der Waals surface area (Å²) < 4.78 is 18.6. The van der Waals surface area contributed by atoms with E-state index in [1.807, 2.05) is 0 Å². The van der Waals surface area contributed by atoms with E-state index in [0.717, 1.165) is 5.56 Å². The molecule has 0 atom stereocenters. The maximum absolute atomic E-state index is 13.2. The number of pyridine rings is 1. The van der Waals surface area contributed by atoms with Crippen molar-refractivity contribution in [3.05, 3.63) is 54.0 Å². The molecule has 1 saturated heterocycles. The third kappa shape index (κ3) is 5.16. The van der Waals surface area contributed by atoms with Crippen LogP contribution in [0.3, 0.4) is 0 Å². The van der Waals surface area contributed by atoms with Gasteiger partial charge in [-0.05, 0) is 30.5 Å². The van der Waals surface area contributed by atoms with E-state index in [4.69, 9.17) is 9.84 Å². The first-order valence-corrected chi connectivity index (χ1v) is 8.65. The topological polar surface area (TPSA) is 91.8 Å². The van der Waals surface area contributed by atoms with Crippen molar-refractivity contribution in [1.82, 2.24) is 15.2 Å². The largest absolute Gasteiger partial charge is 0.481 e. The molecule has 3 rings (SSSR count). The summed E-state index contributed by atoms with van der Waals surface area (Å²) in [5, 5.41) is 11.8. The molecular weight excluding hydrogens is 353 g/mol. The number of aliphatic carboxylic acids is 1. The summed E-state index contributed by atoms with van der Waals surface area (Å²) >= 11 is 0. The maximum Gasteiger partial charge on any atom is 0.317 e. The Balaban J connectivity index is 1.47. The smallest absolute Gasteiger partial charge is 0.317 e. The van der Waals surface area contributed by atoms with Crippen molar-refractivity contribution >= 4 is 12.0 Å². The number of carboxylic acid groups (broad SMARTS) is 1. The number of nitrogens with one attached hydrogen (secondary N) is 1. The van der Waals surface area contributed by atoms with Gasteiger partial charge in [-0.1, -0.05) is 12.1 Å². The predicted molar refractivity (Wildman–Crippen MR) is 94.9 cm³/mol. The Kier molecular flexibility index (Phi) is 5.85. The SMILES string of the molecule is O=C(O)C1CCN(C(=O)NCc2ccc(Oc3cccc(F)c3)nc2)CC1. The van der Waals surface area contributed by atoms with Crippen LogP contribution >= 0.6 is 0 Å². The second-order valence-electron chi connectivity index (χ2n) is 6.32. The summed E-state index contributed by atoms with van der Waals surface area (Å²) in [4.78, 5) is 28.9. The Morgan fingerprint density at radius 1 is 1.26 bits per heavy atom. The third-order valence-electron chi connectivity index (χ3n) is 4.39. The molecule has 8 heteroatoms. The van der Waals surface area contributed by atoms with Crippen LogP contribution in [0.5, 0.6) is 11.6 Å². The van der Waals surface area contributed by atoms with E-state index in [2.05, 4.69) is 10.3 Å². The number of amides is 2. The molecule has 0 saturated carbocycles. The molecule has 1 aromatic heterocycles. The molecule has 0 aliphatic carbocycles. The van der Waals surface area contributed by atoms with Crippen LogP contribution in [-0.2, 0) is 11.3 Å². The van der Waals surface area contributed by atoms with Gasteiger partial charge in [-0.15, -0.1) is 0 Å². The summed E-state index contributed by atoms with van der Waals surface area (Å²) in [7, 11) is 0. The summed E-state index contributed by atoms with van der Waals surface area (Å²) in [6.07, 6.45) is 2.51. The Morgan fingerprint density at radius 2 is 2.04 bits per heavy atom. The molecule has 2 aromatic rings. The normalized spacial score (nSPS) is 14.6. The highest BCUT2D eigenvalue weighted by molar-refractivity contribution is 5.75. The fourth-order valence-electron chi connectivity index (χ4n) is 2.85. The molecule has 0 unspecified atom stereocenters. The highest BCUT2D eigenvalue weighted by Gasteiger charge is 2.26. The van der Waals surface area contributed by atoms with Gasteiger partial charge in [0.05, 0.1) is 5.92 Å². The van der Waals surface area contributed by atoms with Crippen LogP contribution in [0.15, 0.2) is 42.6 Å². The Bertz CT molecular complexity index is 805. The number of ether oxygens (including phenoxy) is 1. The molecule has 2 heterocycles. The lowest BCUT2D eigenvalue weighted by molar-refractivity contribution is -0.143. The number of hydrogen-bond donors (Lipinski definition) is 2. The zero-order valence-electron chi connectivity index (χ0n) is 14.6. The maximum atomic E-state index is 13.2. The van der Waals surface area contributed by atoms with Crippen LogP contribution in [0.25, 0.3) is 0 Å². The van der Waals surface area contributed by atoms with Crippen LogP contribution in [-0.4, -0.2) is 40.1 Å². The number of carbonyl (C=O) groups excluding carboxylic acids is 1. The summed E-state index contributed by atoms with van der Waals surface area (Å²) in [5.41, 5.74) is 0.787. The van der Waals surface area contributed by atoms with E-state index in [0.29, 0.717) is 44.1 Å². The van der Waals surface area contributed by atoms with Gasteiger partial charge >= 0.3 is 12.0 Å². The molecule has 1 aliphatic rings. The molecule has 1 aliphatic heterocycles. The first-order valence-electron chi connectivity index (χ1n) is 8.65. The Hall–Kier alpha value is -3.16. The number of carboxylic acids is 1. The number of hydrogen-bond acceptors (Lipinski definition) is 4. The van der Waals surface area contributed by atoms with Crippen LogP contribution in [0.4, 0.5) is 9.18 Å². The van der Waals surface area contributed by atoms with E-state index in [1.54, 1.807) is 35.4 Å². The highest BCUT2D eigenvalue weighted by atomic mass is 19.1. The first-order chi connectivity index (χ1) is 13.0. The summed E-state index contributed by atoms with van der Waals surface area (Å²) in [5.74, 6) is -0.885. The van der Waals surface area contributed by atoms with E-state index in [1.165, 1.54) is 12.1 Å². The van der Waals surface area contributed by atoms with Crippen molar-refractivity contribution < 1.29 is 23.8 Å². The molecule has 2 N–H and O–H groups in total. The molecule has 1 aromatic carbocycles. The zero-order chi connectivity index (χ0) is 19.2. The minimum atomic E-state index is -0.804. The second-order valence-corrected chi connectivity index (χ2v) is 6.32. The van der Waals surface area contributed by atoms with Gasteiger partial charge in [0.25, 0.3) is 0 Å². The molecular formula is C19H20FN3O4. The molecule has 7 nitrogen and oxygen atoms in total. The minimum Gasteiger partial charge on any atom is -0.481 e. The standard InChI is InChI=1S/C19H20FN3O4/c20-15-2-1-3-16(10-15)27-17-5-4-13(11-21-17)12-22-19(26)23-8-6-14(7-9-23)18(24)25/h1-5,10-11,14H,6-9,12H2,(H,22,26)(H,24,25). The summed E-state index contributed by atoms with van der Waals surface area (Å²) in [6, 6.07) is 8.96. The first kappa shape index (κ1) is 18.6. The predicted octanol–water partition coefficient (Wildman–Crippen LogP) is 3.02. The summed E-state index contributed by atoms with van der Waals surface area (Å²) in [6.45, 7) is 1.16. The number of carbonyl (C=O) groups is 2. The zero-order valence-corrected chi connectivity index (χ0v) is 14.6. The van der Waals surface area contributed by atoms with Gasteiger partial charge in [-0.2, -0.15) is 0 Å². The van der Waals surface area contributed by atoms with E-state index >= 15 is 0 Å². The van der Waals surface area contributed by atoms with E-state index in [9.17, 15) is 14.0 Å². The van der Waals surface area contributed by atoms with E-state index in [-0.39, 0.29) is 17.8 Å². The quantitative estimate of drug-likeness (QED) is 0.841. The molecule has 0 bridgehead atoms. The van der Waals surface area contributed by atoms with Gasteiger partial charge in [0, 0.05) is 38.0 Å². The number of rotatable bonds is 5. The fraction of sp³-hybridized carbons (Fsp3) is 0.316. The lowest BCUT2D eigenvalue weighted by Crippen LogP contribution is -2.45. The molecule has 1 fully saturated rings. The van der Waals surface area contributed by atoms with Crippen LogP contribution in [0.2, 0.25) is 0 Å². The van der Waals surface area contributed by atoms with Crippen LogP contribution in [0, 0.1) is 11.7 Å². The third-order valence-corrected chi connectivity index (χ3v) is 4.39. The number of likely N-dealkylation sites (tertiary alicyclic amines) is 1. The lowest BCUT2D eigenvalue weighted by atomic mass is 9.97. The van der Waals surface area contributed by atoms with Gasteiger partial charge in [0.2, 0.25) is 5.88 Å². The molecule has 27 heavy (non-hydrogen) atoms. The van der Waals surface area contributed by atoms with Crippen molar-refractivity contribution in [2.24, 2.45) is 5.92 Å². The number of benzene rings is 1. The van der Waals surface area contributed by atoms with Crippen molar-refractivity contribution in [2.45, 2.75) is 19.4 Å². The fourth-order valence-corrected chi connectivity index (χ4v) is 2.85. The van der Waals surface area contributed by atoms with E-state index < -0.39 is 5.97 Å².